The highest BCUT2D eigenvalue weighted by Gasteiger charge is 2.13. The third-order valence-corrected chi connectivity index (χ3v) is 4.11. The number of aromatic nitrogens is 1. The summed E-state index contributed by atoms with van der Waals surface area (Å²) in [6.45, 7) is 6.84. The lowest BCUT2D eigenvalue weighted by molar-refractivity contribution is 0.352. The summed E-state index contributed by atoms with van der Waals surface area (Å²) < 4.78 is 0. The third-order valence-electron chi connectivity index (χ3n) is 4.11. The molecule has 0 saturated carbocycles. The Morgan fingerprint density at radius 3 is 2.39 bits per heavy atom. The van der Waals surface area contributed by atoms with Crippen LogP contribution in [0, 0.1) is 0 Å². The number of nitrogens with one attached hydrogen (secondary N) is 1. The van der Waals surface area contributed by atoms with Crippen molar-refractivity contribution < 1.29 is 0 Å². The Morgan fingerprint density at radius 2 is 1.72 bits per heavy atom. The van der Waals surface area contributed by atoms with Gasteiger partial charge >= 0.3 is 0 Å². The predicted molar refractivity (Wildman–Crippen MR) is 77.3 cm³/mol. The Labute approximate surface area is 109 Å². The fraction of sp³-hybridized carbons (Fsp3) is 0.500. The largest absolute Gasteiger partial charge is 0.358 e. The number of nitrogens with zero attached hydrogens (tertiary/aromatic N) is 1. The van der Waals surface area contributed by atoms with Crippen molar-refractivity contribution in [2.24, 2.45) is 0 Å². The number of hydrogen-bond donors (Lipinski definition) is 1. The molecule has 0 atom stereocenters. The summed E-state index contributed by atoms with van der Waals surface area (Å²) in [6, 6.07) is 7.08. The molecule has 96 valence electrons. The smallest absolute Gasteiger partial charge is 0.0459 e. The number of H-pyrrole nitrogens is 1. The maximum absolute atomic E-state index is 3.56. The summed E-state index contributed by atoms with van der Waals surface area (Å²) in [5.74, 6) is 0.573. The van der Waals surface area contributed by atoms with Crippen LogP contribution in [0.4, 0.5) is 0 Å². The van der Waals surface area contributed by atoms with Crippen molar-refractivity contribution in [3.63, 3.8) is 0 Å². The Kier molecular flexibility index (Phi) is 2.90. The van der Waals surface area contributed by atoms with E-state index >= 15 is 0 Å². The van der Waals surface area contributed by atoms with Gasteiger partial charge in [0, 0.05) is 24.3 Å². The number of rotatable bonds is 1. The molecule has 2 nitrogen and oxygen atoms in total. The number of aromatic amines is 1. The standard InChI is InChI=1S/C16H22N2/c1-11(2)15-10-14-8-12-4-6-18(3)7-5-13(12)9-16(14)17-15/h8-11,17H,4-7H2,1-3H3. The molecule has 0 amide bonds. The van der Waals surface area contributed by atoms with E-state index in [4.69, 9.17) is 0 Å². The van der Waals surface area contributed by atoms with E-state index in [1.165, 1.54) is 48.1 Å². The zero-order valence-electron chi connectivity index (χ0n) is 11.6. The molecule has 2 heterocycles. The molecule has 2 aromatic rings. The van der Waals surface area contributed by atoms with Gasteiger partial charge in [0.2, 0.25) is 0 Å². The summed E-state index contributed by atoms with van der Waals surface area (Å²) in [5, 5.41) is 1.38. The van der Waals surface area contributed by atoms with Crippen LogP contribution in [0.3, 0.4) is 0 Å². The zero-order valence-corrected chi connectivity index (χ0v) is 11.6. The predicted octanol–water partition coefficient (Wildman–Crippen LogP) is 3.32. The number of benzene rings is 1. The first kappa shape index (κ1) is 11.8. The van der Waals surface area contributed by atoms with Crippen LogP contribution in [-0.2, 0) is 12.8 Å². The number of likely N-dealkylation sites (N-methyl/N-ethyl adjacent to an activating group) is 1. The second kappa shape index (κ2) is 4.43. The molecule has 3 rings (SSSR count). The molecule has 1 aromatic heterocycles. The van der Waals surface area contributed by atoms with Crippen molar-refractivity contribution in [1.82, 2.24) is 9.88 Å². The summed E-state index contributed by atoms with van der Waals surface area (Å²) in [7, 11) is 2.22. The molecule has 1 aliphatic rings. The van der Waals surface area contributed by atoms with Gasteiger partial charge in [0.15, 0.2) is 0 Å². The zero-order chi connectivity index (χ0) is 12.7. The van der Waals surface area contributed by atoms with Gasteiger partial charge < -0.3 is 9.88 Å². The molecule has 0 spiro atoms. The molecule has 0 saturated heterocycles. The summed E-state index contributed by atoms with van der Waals surface area (Å²) >= 11 is 0. The van der Waals surface area contributed by atoms with E-state index in [9.17, 15) is 0 Å². The van der Waals surface area contributed by atoms with Gasteiger partial charge in [-0.3, -0.25) is 0 Å². The van der Waals surface area contributed by atoms with Crippen LogP contribution in [0.5, 0.6) is 0 Å². The van der Waals surface area contributed by atoms with Crippen LogP contribution in [-0.4, -0.2) is 30.0 Å². The van der Waals surface area contributed by atoms with E-state index in [1.54, 1.807) is 5.56 Å². The fourth-order valence-corrected chi connectivity index (χ4v) is 2.81. The maximum atomic E-state index is 3.56. The Morgan fingerprint density at radius 1 is 1.06 bits per heavy atom. The lowest BCUT2D eigenvalue weighted by Gasteiger charge is -2.10. The molecule has 18 heavy (non-hydrogen) atoms. The van der Waals surface area contributed by atoms with Crippen molar-refractivity contribution in [2.45, 2.75) is 32.6 Å². The normalized spacial score (nSPS) is 17.1. The lowest BCUT2D eigenvalue weighted by Crippen LogP contribution is -2.20. The quantitative estimate of drug-likeness (QED) is 0.812. The molecular formula is C16H22N2. The third kappa shape index (κ3) is 2.05. The first-order valence-corrected chi connectivity index (χ1v) is 6.96. The first-order valence-electron chi connectivity index (χ1n) is 6.96. The average molecular weight is 242 g/mol. The van der Waals surface area contributed by atoms with Crippen LogP contribution in [0.1, 0.15) is 36.6 Å². The molecule has 0 radical (unpaired) electrons. The second-order valence-corrected chi connectivity index (χ2v) is 5.89. The van der Waals surface area contributed by atoms with Gasteiger partial charge in [0.1, 0.15) is 0 Å². The monoisotopic (exact) mass is 242 g/mol. The van der Waals surface area contributed by atoms with Crippen LogP contribution in [0.2, 0.25) is 0 Å². The maximum Gasteiger partial charge on any atom is 0.0459 e. The highest BCUT2D eigenvalue weighted by Crippen LogP contribution is 2.26. The molecule has 1 N–H and O–H groups in total. The highest BCUT2D eigenvalue weighted by molar-refractivity contribution is 5.82. The molecule has 0 bridgehead atoms. The number of fused-ring (bicyclic) bond motifs is 2. The van der Waals surface area contributed by atoms with E-state index in [-0.39, 0.29) is 0 Å². The van der Waals surface area contributed by atoms with Gasteiger partial charge in [-0.1, -0.05) is 13.8 Å². The minimum Gasteiger partial charge on any atom is -0.358 e. The van der Waals surface area contributed by atoms with E-state index in [1.807, 2.05) is 0 Å². The minimum absolute atomic E-state index is 0.573. The Hall–Kier alpha value is -1.28. The van der Waals surface area contributed by atoms with Gasteiger partial charge in [-0.05, 0) is 60.5 Å². The van der Waals surface area contributed by atoms with Crippen molar-refractivity contribution in [2.75, 3.05) is 20.1 Å². The lowest BCUT2D eigenvalue weighted by atomic mass is 10.0. The van der Waals surface area contributed by atoms with Crippen LogP contribution >= 0.6 is 0 Å². The van der Waals surface area contributed by atoms with E-state index < -0.39 is 0 Å². The molecule has 0 unspecified atom stereocenters. The van der Waals surface area contributed by atoms with Gasteiger partial charge in [0.25, 0.3) is 0 Å². The van der Waals surface area contributed by atoms with Crippen LogP contribution in [0.25, 0.3) is 10.9 Å². The van der Waals surface area contributed by atoms with E-state index in [0.29, 0.717) is 5.92 Å². The van der Waals surface area contributed by atoms with Gasteiger partial charge in [-0.2, -0.15) is 0 Å². The van der Waals surface area contributed by atoms with Crippen LogP contribution < -0.4 is 0 Å². The van der Waals surface area contributed by atoms with Crippen molar-refractivity contribution in [3.05, 3.63) is 35.0 Å². The first-order chi connectivity index (χ1) is 8.63. The summed E-state index contributed by atoms with van der Waals surface area (Å²) in [6.07, 6.45) is 2.36. The minimum atomic E-state index is 0.573. The molecule has 1 aromatic carbocycles. The Bertz CT molecular complexity index is 521. The molecule has 0 fully saturated rings. The van der Waals surface area contributed by atoms with Gasteiger partial charge in [-0.25, -0.2) is 0 Å². The van der Waals surface area contributed by atoms with Gasteiger partial charge in [-0.15, -0.1) is 0 Å². The molecular weight excluding hydrogens is 220 g/mol. The molecule has 0 aliphatic carbocycles. The van der Waals surface area contributed by atoms with Crippen LogP contribution in [0.15, 0.2) is 18.2 Å². The summed E-state index contributed by atoms with van der Waals surface area (Å²) in [4.78, 5) is 5.99. The van der Waals surface area contributed by atoms with Gasteiger partial charge in [0.05, 0.1) is 0 Å². The molecule has 1 aliphatic heterocycles. The molecule has 2 heteroatoms. The summed E-state index contributed by atoms with van der Waals surface area (Å²) in [5.41, 5.74) is 5.73. The fourth-order valence-electron chi connectivity index (χ4n) is 2.81. The van der Waals surface area contributed by atoms with Crippen molar-refractivity contribution in [3.8, 4) is 0 Å². The van der Waals surface area contributed by atoms with Crippen molar-refractivity contribution in [1.29, 1.82) is 0 Å². The van der Waals surface area contributed by atoms with E-state index in [0.717, 1.165) is 0 Å². The average Bonchev–Trinajstić information content (AvgIpc) is 2.67. The van der Waals surface area contributed by atoms with E-state index in [2.05, 4.69) is 49.0 Å². The Balaban J connectivity index is 2.06. The number of hydrogen-bond acceptors (Lipinski definition) is 1. The second-order valence-electron chi connectivity index (χ2n) is 5.89. The highest BCUT2D eigenvalue weighted by atomic mass is 15.1. The topological polar surface area (TPSA) is 19.0 Å². The SMILES string of the molecule is CC(C)c1cc2cc3c(cc2[nH]1)CCN(C)CC3. The van der Waals surface area contributed by atoms with Crippen molar-refractivity contribution >= 4 is 10.9 Å².